The van der Waals surface area contributed by atoms with Gasteiger partial charge in [-0.25, -0.2) is 0 Å². The molecule has 4 nitrogen and oxygen atoms in total. The molecular weight excluding hydrogens is 508 g/mol. The maximum absolute atomic E-state index is 13.0. The van der Waals surface area contributed by atoms with E-state index in [1.54, 1.807) is 0 Å². The molecule has 2 aromatic heterocycles. The Hall–Kier alpha value is -0.0900. The number of fused-ring (bicyclic) bond motifs is 2. The summed E-state index contributed by atoms with van der Waals surface area (Å²) in [6.45, 7) is 6.24. The van der Waals surface area contributed by atoms with E-state index in [1.807, 2.05) is 18.2 Å². The summed E-state index contributed by atoms with van der Waals surface area (Å²) in [6.07, 6.45) is 1.53. The first-order valence-electron chi connectivity index (χ1n) is 7.43. The molecule has 0 amide bonds. The number of rotatable bonds is 7. The van der Waals surface area contributed by atoms with Crippen molar-refractivity contribution in [3.05, 3.63) is 23.8 Å². The van der Waals surface area contributed by atoms with E-state index in [0.717, 1.165) is 29.6 Å². The first kappa shape index (κ1) is 16.8. The van der Waals surface area contributed by atoms with Crippen LogP contribution in [0.1, 0.15) is 39.2 Å². The molecule has 2 atom stereocenters. The molecule has 2 aromatic rings. The van der Waals surface area contributed by atoms with Crippen molar-refractivity contribution in [2.24, 2.45) is 0 Å². The molecule has 0 saturated carbocycles. The predicted molar refractivity (Wildman–Crippen MR) is 77.0 cm³/mol. The molecule has 1 saturated heterocycles. The van der Waals surface area contributed by atoms with Gasteiger partial charge in [-0.1, -0.05) is 0 Å². The Morgan fingerprint density at radius 1 is 1.45 bits per heavy atom. The molecule has 6 heteroatoms. The summed E-state index contributed by atoms with van der Waals surface area (Å²) >= 11 is -0.238. The van der Waals surface area contributed by atoms with E-state index in [2.05, 4.69) is 29.2 Å². The number of carbonyl (C=O) groups excluding carboxylic acids is 1. The van der Waals surface area contributed by atoms with Gasteiger partial charge in [0.2, 0.25) is 0 Å². The number of hydrogen-bond donors (Lipinski definition) is 1. The quantitative estimate of drug-likeness (QED) is 0.103. The van der Waals surface area contributed by atoms with E-state index in [4.69, 9.17) is 9.15 Å². The predicted octanol–water partition coefficient (Wildman–Crippen LogP) is -3.16. The Morgan fingerprint density at radius 3 is 2.55 bits per heavy atom. The van der Waals surface area contributed by atoms with Crippen molar-refractivity contribution in [3.63, 3.8) is 0 Å². The zero-order chi connectivity index (χ0) is 16.0. The summed E-state index contributed by atoms with van der Waals surface area (Å²) in [6, 6.07) is 5.95. The second-order valence-corrected chi connectivity index (χ2v) is 11.5. The normalized spacial score (nSPS) is 21.5. The molecular formula is C16H21I2NO3-2. The summed E-state index contributed by atoms with van der Waals surface area (Å²) in [5.74, 6) is -0.0283. The van der Waals surface area contributed by atoms with Gasteiger partial charge in [0.1, 0.15) is 0 Å². The zero-order valence-electron chi connectivity index (χ0n) is 13.2. The first-order chi connectivity index (χ1) is 10.5. The van der Waals surface area contributed by atoms with Gasteiger partial charge in [0.15, 0.2) is 0 Å². The molecule has 1 aliphatic rings. The fraction of sp³-hybridized carbons (Fsp3) is 0.562. The molecule has 1 fully saturated rings. The third-order valence-corrected chi connectivity index (χ3v) is 11.6. The Kier molecular flexibility index (Phi) is 4.63. The topological polar surface area (TPSA) is 61.4 Å². The van der Waals surface area contributed by atoms with Gasteiger partial charge in [-0.3, -0.25) is 0 Å². The number of halogens is 2. The van der Waals surface area contributed by atoms with E-state index in [9.17, 15) is 4.79 Å². The number of nitrogens with one attached hydrogen (secondary N) is 1. The maximum atomic E-state index is 13.0. The van der Waals surface area contributed by atoms with Gasteiger partial charge in [0, 0.05) is 0 Å². The van der Waals surface area contributed by atoms with Crippen molar-refractivity contribution in [2.75, 3.05) is 4.93 Å². The number of benzene rings is 1. The molecule has 22 heavy (non-hydrogen) atoms. The van der Waals surface area contributed by atoms with Crippen LogP contribution in [-0.4, -0.2) is 18.4 Å². The van der Waals surface area contributed by atoms with Crippen LogP contribution in [0.15, 0.2) is 22.6 Å². The number of ether oxygens (including phenoxy) is 1. The van der Waals surface area contributed by atoms with Crippen LogP contribution in [-0.2, 0) is 15.1 Å². The van der Waals surface area contributed by atoms with Crippen molar-refractivity contribution >= 4 is 17.1 Å². The molecule has 0 aromatic carbocycles. The van der Waals surface area contributed by atoms with Crippen LogP contribution in [0, 0.1) is 0 Å². The van der Waals surface area contributed by atoms with E-state index in [0.29, 0.717) is 4.05 Å². The standard InChI is InChI=1S/C16H21I2NO3/c1-5-16(6-2,11-9-10-7-8-12(11)21-10)22-14(20)15(3,17-4)13-18-19-13/h7-9,13,19H,5-6H2,1-4H3/q-2. The van der Waals surface area contributed by atoms with E-state index in [-0.39, 0.29) is 52.1 Å². The average Bonchev–Trinajstić information content (AvgIpc) is 3.20. The third-order valence-electron chi connectivity index (χ3n) is 4.59. The number of esters is 1. The Labute approximate surface area is 151 Å². The second kappa shape index (κ2) is 6.08. The summed E-state index contributed by atoms with van der Waals surface area (Å²) in [7, 11) is 0. The van der Waals surface area contributed by atoms with Gasteiger partial charge in [0.25, 0.3) is 0 Å². The van der Waals surface area contributed by atoms with Crippen LogP contribution in [0.4, 0.5) is 0 Å². The summed E-state index contributed by atoms with van der Waals surface area (Å²) in [4.78, 5) is 15.1. The molecule has 3 heterocycles. The minimum atomic E-state index is -0.563. The van der Waals surface area contributed by atoms with Gasteiger partial charge in [-0.15, -0.1) is 0 Å². The van der Waals surface area contributed by atoms with Crippen molar-refractivity contribution < 1.29 is 56.6 Å². The molecule has 2 bridgehead atoms. The second-order valence-electron chi connectivity index (χ2n) is 5.70. The molecule has 0 spiro atoms. The van der Waals surface area contributed by atoms with Crippen molar-refractivity contribution in [1.29, 1.82) is 0 Å². The van der Waals surface area contributed by atoms with E-state index < -0.39 is 5.60 Å². The summed E-state index contributed by atoms with van der Waals surface area (Å²) < 4.78 is 15.4. The van der Waals surface area contributed by atoms with E-state index in [1.165, 1.54) is 0 Å². The van der Waals surface area contributed by atoms with Crippen LogP contribution in [0.5, 0.6) is 0 Å². The molecule has 0 aliphatic carbocycles. The fourth-order valence-electron chi connectivity index (χ4n) is 2.76. The van der Waals surface area contributed by atoms with Crippen LogP contribution < -0.4 is 46.2 Å². The Morgan fingerprint density at radius 2 is 2.14 bits per heavy atom. The zero-order valence-corrected chi connectivity index (χ0v) is 17.5. The molecule has 124 valence electrons. The SMILES string of the molecule is CCC(CC)(OC(=O)C(C)([I-]C)C1N[I-]1)c1cc2ccc1o2. The first-order valence-corrected chi connectivity index (χ1v) is 13.0. The molecule has 1 aliphatic heterocycles. The van der Waals surface area contributed by atoms with Crippen LogP contribution >= 0.6 is 0 Å². The molecule has 1 N–H and O–H groups in total. The summed E-state index contributed by atoms with van der Waals surface area (Å²) in [5, 5.41) is 0. The minimum absolute atomic E-state index is 0.00669. The molecule has 2 unspecified atom stereocenters. The summed E-state index contributed by atoms with van der Waals surface area (Å²) in [5.41, 5.74) is 2.16. The van der Waals surface area contributed by atoms with Gasteiger partial charge in [0.05, 0.1) is 0 Å². The van der Waals surface area contributed by atoms with Gasteiger partial charge < -0.3 is 0 Å². The van der Waals surface area contributed by atoms with Gasteiger partial charge in [-0.05, 0) is 0 Å². The Balaban J connectivity index is 1.91. The number of furan rings is 2. The monoisotopic (exact) mass is 529 g/mol. The van der Waals surface area contributed by atoms with Gasteiger partial charge in [-0.2, -0.15) is 0 Å². The third kappa shape index (κ3) is 2.64. The van der Waals surface area contributed by atoms with Crippen molar-refractivity contribution in [1.82, 2.24) is 3.53 Å². The van der Waals surface area contributed by atoms with E-state index >= 15 is 0 Å². The average molecular weight is 529 g/mol. The van der Waals surface area contributed by atoms with Gasteiger partial charge >= 0.3 is 153 Å². The number of hydrogen-bond acceptors (Lipinski definition) is 4. The fourth-order valence-corrected chi connectivity index (χ4v) is 8.62. The number of alkyl halides is 3. The van der Waals surface area contributed by atoms with Crippen LogP contribution in [0.25, 0.3) is 11.2 Å². The van der Waals surface area contributed by atoms with Crippen LogP contribution in [0.3, 0.4) is 0 Å². The van der Waals surface area contributed by atoms with Crippen molar-refractivity contribution in [2.45, 2.75) is 46.7 Å². The van der Waals surface area contributed by atoms with Crippen molar-refractivity contribution in [3.8, 4) is 0 Å². The van der Waals surface area contributed by atoms with Crippen LogP contribution in [0.2, 0.25) is 0 Å². The Bertz CT molecular complexity index is 663. The number of carbonyl (C=O) groups is 1. The molecule has 3 rings (SSSR count). The molecule has 0 radical (unpaired) electrons.